The van der Waals surface area contributed by atoms with Gasteiger partial charge in [-0.2, -0.15) is 0 Å². The van der Waals surface area contributed by atoms with Crippen LogP contribution in [0, 0.1) is 11.7 Å². The summed E-state index contributed by atoms with van der Waals surface area (Å²) in [4.78, 5) is 37.7. The van der Waals surface area contributed by atoms with Crippen LogP contribution in [0.15, 0.2) is 24.3 Å². The highest BCUT2D eigenvalue weighted by Crippen LogP contribution is 2.27. The summed E-state index contributed by atoms with van der Waals surface area (Å²) in [6.45, 7) is 0.0234. The molecule has 1 heterocycles. The van der Waals surface area contributed by atoms with Gasteiger partial charge in [0, 0.05) is 19.0 Å². The summed E-state index contributed by atoms with van der Waals surface area (Å²) in [5, 5.41) is 5.53. The normalized spacial score (nSPS) is 20.9. The fraction of sp³-hybridized carbons (Fsp3) is 0.526. The summed E-state index contributed by atoms with van der Waals surface area (Å²) in [6, 6.07) is 6.19. The molecule has 1 aliphatic carbocycles. The summed E-state index contributed by atoms with van der Waals surface area (Å²) in [6.07, 6.45) is 5.42. The lowest BCUT2D eigenvalue weighted by Crippen LogP contribution is -2.44. The fourth-order valence-electron chi connectivity index (χ4n) is 3.62. The van der Waals surface area contributed by atoms with Gasteiger partial charge >= 0.3 is 0 Å². The van der Waals surface area contributed by atoms with E-state index in [1.165, 1.54) is 23.5 Å². The van der Waals surface area contributed by atoms with Crippen LogP contribution in [0.25, 0.3) is 0 Å². The minimum absolute atomic E-state index is 0.0183. The van der Waals surface area contributed by atoms with Crippen LogP contribution in [0.5, 0.6) is 0 Å². The summed E-state index contributed by atoms with van der Waals surface area (Å²) in [5.74, 6) is -1.92. The maximum atomic E-state index is 13.9. The van der Waals surface area contributed by atoms with E-state index in [2.05, 4.69) is 10.6 Å². The molecule has 1 atom stereocenters. The van der Waals surface area contributed by atoms with Crippen LogP contribution >= 0.6 is 0 Å². The molecule has 140 valence electrons. The van der Waals surface area contributed by atoms with Crippen molar-refractivity contribution in [2.75, 3.05) is 18.0 Å². The van der Waals surface area contributed by atoms with E-state index in [9.17, 15) is 18.8 Å². The second-order valence-corrected chi connectivity index (χ2v) is 6.98. The van der Waals surface area contributed by atoms with Gasteiger partial charge in [-0.05, 0) is 25.0 Å². The quantitative estimate of drug-likeness (QED) is 0.839. The van der Waals surface area contributed by atoms with Gasteiger partial charge in [-0.1, -0.05) is 31.4 Å². The first-order valence-electron chi connectivity index (χ1n) is 9.16. The Labute approximate surface area is 152 Å². The molecule has 2 N–H and O–H groups in total. The zero-order chi connectivity index (χ0) is 18.5. The third-order valence-electron chi connectivity index (χ3n) is 5.03. The van der Waals surface area contributed by atoms with Gasteiger partial charge in [-0.25, -0.2) is 4.39 Å². The lowest BCUT2D eigenvalue weighted by Gasteiger charge is -2.23. The van der Waals surface area contributed by atoms with E-state index in [0.29, 0.717) is 0 Å². The number of halogens is 1. The van der Waals surface area contributed by atoms with Crippen LogP contribution in [-0.2, 0) is 14.4 Å². The molecule has 0 aromatic heterocycles. The Balaban J connectivity index is 1.48. The Bertz CT molecular complexity index is 688. The van der Waals surface area contributed by atoms with Gasteiger partial charge in [-0.3, -0.25) is 14.4 Å². The van der Waals surface area contributed by atoms with Gasteiger partial charge < -0.3 is 15.5 Å². The first kappa shape index (κ1) is 18.4. The zero-order valence-electron chi connectivity index (χ0n) is 14.7. The molecular formula is C19H24FN3O3. The highest BCUT2D eigenvalue weighted by atomic mass is 19.1. The Hall–Kier alpha value is -2.44. The highest BCUT2D eigenvalue weighted by molar-refractivity contribution is 6.00. The number of carbonyl (C=O) groups excluding carboxylic acids is 3. The number of benzene rings is 1. The van der Waals surface area contributed by atoms with Crippen LogP contribution in [0.4, 0.5) is 10.1 Å². The Morgan fingerprint density at radius 2 is 1.88 bits per heavy atom. The number of amides is 3. The largest absolute Gasteiger partial charge is 0.352 e. The van der Waals surface area contributed by atoms with Crippen molar-refractivity contribution in [3.8, 4) is 0 Å². The van der Waals surface area contributed by atoms with E-state index < -0.39 is 11.7 Å². The Kier molecular flexibility index (Phi) is 5.85. The first-order valence-corrected chi connectivity index (χ1v) is 9.16. The van der Waals surface area contributed by atoms with Crippen LogP contribution in [-0.4, -0.2) is 36.9 Å². The maximum absolute atomic E-state index is 13.9. The van der Waals surface area contributed by atoms with E-state index in [-0.39, 0.29) is 49.0 Å². The van der Waals surface area contributed by atoms with Crippen molar-refractivity contribution in [3.05, 3.63) is 30.1 Å². The third-order valence-corrected chi connectivity index (χ3v) is 5.03. The average Bonchev–Trinajstić information content (AvgIpc) is 3.02. The molecular weight excluding hydrogens is 337 g/mol. The van der Waals surface area contributed by atoms with E-state index in [4.69, 9.17) is 0 Å². The molecule has 1 aromatic carbocycles. The van der Waals surface area contributed by atoms with Crippen LogP contribution in [0.1, 0.15) is 38.5 Å². The monoisotopic (exact) mass is 361 g/mol. The third kappa shape index (κ3) is 4.39. The van der Waals surface area contributed by atoms with E-state index in [1.54, 1.807) is 12.1 Å². The summed E-state index contributed by atoms with van der Waals surface area (Å²) in [7, 11) is 0. The molecule has 26 heavy (non-hydrogen) atoms. The number of hydrogen-bond acceptors (Lipinski definition) is 3. The summed E-state index contributed by atoms with van der Waals surface area (Å²) < 4.78 is 13.9. The molecule has 3 amide bonds. The second kappa shape index (κ2) is 8.29. The number of carbonyl (C=O) groups is 3. The summed E-state index contributed by atoms with van der Waals surface area (Å²) >= 11 is 0. The predicted molar refractivity (Wildman–Crippen MR) is 94.9 cm³/mol. The second-order valence-electron chi connectivity index (χ2n) is 6.98. The maximum Gasteiger partial charge on any atom is 0.239 e. The topological polar surface area (TPSA) is 78.5 Å². The number of nitrogens with zero attached hydrogens (tertiary/aromatic N) is 1. The van der Waals surface area contributed by atoms with Crippen LogP contribution in [0.2, 0.25) is 0 Å². The summed E-state index contributed by atoms with van der Waals surface area (Å²) in [5.41, 5.74) is 0.183. The predicted octanol–water partition coefficient (Wildman–Crippen LogP) is 1.74. The lowest BCUT2D eigenvalue weighted by molar-refractivity contribution is -0.129. The molecule has 1 aliphatic heterocycles. The van der Waals surface area contributed by atoms with Gasteiger partial charge in [0.25, 0.3) is 0 Å². The lowest BCUT2D eigenvalue weighted by atomic mass is 9.95. The molecule has 1 aromatic rings. The van der Waals surface area contributed by atoms with Crippen LogP contribution < -0.4 is 15.5 Å². The minimum Gasteiger partial charge on any atom is -0.352 e. The average molecular weight is 361 g/mol. The van der Waals surface area contributed by atoms with Crippen molar-refractivity contribution in [2.24, 2.45) is 5.92 Å². The van der Waals surface area contributed by atoms with Crippen molar-refractivity contribution in [2.45, 2.75) is 44.6 Å². The van der Waals surface area contributed by atoms with Crippen molar-refractivity contribution in [1.29, 1.82) is 0 Å². The molecule has 1 saturated heterocycles. The van der Waals surface area contributed by atoms with Gasteiger partial charge in [0.2, 0.25) is 17.7 Å². The molecule has 1 saturated carbocycles. The molecule has 7 heteroatoms. The minimum atomic E-state index is -0.579. The molecule has 1 unspecified atom stereocenters. The number of hydrogen-bond donors (Lipinski definition) is 2. The zero-order valence-corrected chi connectivity index (χ0v) is 14.7. The highest BCUT2D eigenvalue weighted by Gasteiger charge is 2.36. The van der Waals surface area contributed by atoms with Gasteiger partial charge in [0.05, 0.1) is 18.2 Å². The Morgan fingerprint density at radius 1 is 1.15 bits per heavy atom. The smallest absolute Gasteiger partial charge is 0.239 e. The number of anilines is 1. The first-order chi connectivity index (χ1) is 12.5. The molecule has 3 rings (SSSR count). The molecule has 0 bridgehead atoms. The van der Waals surface area contributed by atoms with Crippen LogP contribution in [0.3, 0.4) is 0 Å². The Morgan fingerprint density at radius 3 is 2.62 bits per heavy atom. The van der Waals surface area contributed by atoms with Crippen molar-refractivity contribution < 1.29 is 18.8 Å². The number of rotatable bonds is 5. The standard InChI is InChI=1S/C19H24FN3O3/c20-15-8-4-5-9-16(15)23-12-13(10-18(23)25)19(26)21-11-17(24)22-14-6-2-1-3-7-14/h4-5,8-9,13-14H,1-3,6-7,10-12H2,(H,21,26)(H,22,24). The number of para-hydroxylation sites is 1. The van der Waals surface area contributed by atoms with E-state index in [0.717, 1.165) is 25.7 Å². The van der Waals surface area contributed by atoms with E-state index in [1.807, 2.05) is 0 Å². The van der Waals surface area contributed by atoms with Crippen molar-refractivity contribution in [3.63, 3.8) is 0 Å². The van der Waals surface area contributed by atoms with E-state index >= 15 is 0 Å². The van der Waals surface area contributed by atoms with Gasteiger partial charge in [0.1, 0.15) is 5.82 Å². The van der Waals surface area contributed by atoms with Crippen molar-refractivity contribution in [1.82, 2.24) is 10.6 Å². The van der Waals surface area contributed by atoms with Crippen molar-refractivity contribution >= 4 is 23.4 Å². The molecule has 2 fully saturated rings. The molecule has 2 aliphatic rings. The van der Waals surface area contributed by atoms with Gasteiger partial charge in [0.15, 0.2) is 0 Å². The number of nitrogens with one attached hydrogen (secondary N) is 2. The molecule has 0 radical (unpaired) electrons. The SMILES string of the molecule is O=C(CNC(=O)C1CC(=O)N(c2ccccc2F)C1)NC1CCCCC1. The van der Waals surface area contributed by atoms with Gasteiger partial charge in [-0.15, -0.1) is 0 Å². The molecule has 0 spiro atoms. The fourth-order valence-corrected chi connectivity index (χ4v) is 3.62. The molecule has 6 nitrogen and oxygen atoms in total.